The molecule has 1 aromatic carbocycles. The normalized spacial score (nSPS) is 24.4. The van der Waals surface area contributed by atoms with Gasteiger partial charge in [-0.3, -0.25) is 10.1 Å². The quantitative estimate of drug-likeness (QED) is 0.617. The SMILES string of the molecule is CCCNC1CC(Oc2c(C)cccc2[N+](=O)[O-])C1OC. The van der Waals surface area contributed by atoms with Crippen LogP contribution in [0.5, 0.6) is 5.75 Å². The summed E-state index contributed by atoms with van der Waals surface area (Å²) in [5, 5.41) is 14.5. The number of methoxy groups -OCH3 is 1. The summed E-state index contributed by atoms with van der Waals surface area (Å²) < 4.78 is 11.3. The number of aryl methyl sites for hydroxylation is 1. The number of nitro benzene ring substituents is 1. The van der Waals surface area contributed by atoms with Crippen LogP contribution in [0.4, 0.5) is 5.69 Å². The Balaban J connectivity index is 2.08. The molecule has 6 heteroatoms. The van der Waals surface area contributed by atoms with Crippen molar-refractivity contribution in [1.82, 2.24) is 5.32 Å². The Morgan fingerprint density at radius 2 is 2.24 bits per heavy atom. The van der Waals surface area contributed by atoms with Gasteiger partial charge in [-0.1, -0.05) is 19.1 Å². The van der Waals surface area contributed by atoms with Gasteiger partial charge in [0.15, 0.2) is 5.75 Å². The standard InChI is InChI=1S/C15H22N2O4/c1-4-8-16-11-9-13(15(11)20-3)21-14-10(2)6-5-7-12(14)17(18)19/h5-7,11,13,15-16H,4,8-9H2,1-3H3. The largest absolute Gasteiger partial charge is 0.480 e. The second-order valence-corrected chi connectivity index (χ2v) is 5.33. The summed E-state index contributed by atoms with van der Waals surface area (Å²) in [4.78, 5) is 10.7. The number of benzene rings is 1. The molecule has 1 aliphatic carbocycles. The summed E-state index contributed by atoms with van der Waals surface area (Å²) in [6, 6.07) is 5.20. The van der Waals surface area contributed by atoms with E-state index in [-0.39, 0.29) is 23.9 Å². The number of nitrogens with one attached hydrogen (secondary N) is 1. The lowest BCUT2D eigenvalue weighted by molar-refractivity contribution is -0.386. The maximum Gasteiger partial charge on any atom is 0.311 e. The molecule has 1 aliphatic rings. The predicted octanol–water partition coefficient (Wildman–Crippen LogP) is 2.44. The number of hydrogen-bond donors (Lipinski definition) is 1. The van der Waals surface area contributed by atoms with Crippen molar-refractivity contribution >= 4 is 5.69 Å². The van der Waals surface area contributed by atoms with E-state index in [9.17, 15) is 10.1 Å². The molecule has 0 aliphatic heterocycles. The minimum Gasteiger partial charge on any atom is -0.480 e. The van der Waals surface area contributed by atoms with Crippen LogP contribution >= 0.6 is 0 Å². The second kappa shape index (κ2) is 6.87. The molecule has 3 atom stereocenters. The van der Waals surface area contributed by atoms with Gasteiger partial charge in [-0.05, 0) is 25.5 Å². The predicted molar refractivity (Wildman–Crippen MR) is 79.7 cm³/mol. The van der Waals surface area contributed by atoms with E-state index in [1.165, 1.54) is 6.07 Å². The van der Waals surface area contributed by atoms with Crippen LogP contribution in [0.25, 0.3) is 0 Å². The van der Waals surface area contributed by atoms with Crippen LogP contribution in [0, 0.1) is 17.0 Å². The highest BCUT2D eigenvalue weighted by molar-refractivity contribution is 5.51. The minimum absolute atomic E-state index is 0.00909. The summed E-state index contributed by atoms with van der Waals surface area (Å²) in [5.41, 5.74) is 0.777. The average Bonchev–Trinajstić information content (AvgIpc) is 2.43. The minimum atomic E-state index is -0.407. The molecule has 2 rings (SSSR count). The van der Waals surface area contributed by atoms with E-state index in [2.05, 4.69) is 12.2 Å². The van der Waals surface area contributed by atoms with Crippen molar-refractivity contribution in [3.05, 3.63) is 33.9 Å². The van der Waals surface area contributed by atoms with Gasteiger partial charge in [0.2, 0.25) is 0 Å². The van der Waals surface area contributed by atoms with Gasteiger partial charge >= 0.3 is 5.69 Å². The summed E-state index contributed by atoms with van der Waals surface area (Å²) in [6.45, 7) is 4.86. The van der Waals surface area contributed by atoms with Gasteiger partial charge in [0.05, 0.1) is 4.92 Å². The molecule has 21 heavy (non-hydrogen) atoms. The lowest BCUT2D eigenvalue weighted by atomic mass is 9.85. The molecule has 0 radical (unpaired) electrons. The maximum atomic E-state index is 11.1. The number of hydrogen-bond acceptors (Lipinski definition) is 5. The highest BCUT2D eigenvalue weighted by Gasteiger charge is 2.43. The van der Waals surface area contributed by atoms with E-state index in [1.807, 2.05) is 13.0 Å². The van der Waals surface area contributed by atoms with Crippen LogP contribution in [-0.2, 0) is 4.74 Å². The van der Waals surface area contributed by atoms with Gasteiger partial charge in [0.25, 0.3) is 0 Å². The number of ether oxygens (including phenoxy) is 2. The number of nitrogens with zero attached hydrogens (tertiary/aromatic N) is 1. The van der Waals surface area contributed by atoms with Gasteiger partial charge in [-0.25, -0.2) is 0 Å². The summed E-state index contributed by atoms with van der Waals surface area (Å²) >= 11 is 0. The molecule has 0 spiro atoms. The number of para-hydroxylation sites is 1. The lowest BCUT2D eigenvalue weighted by Gasteiger charge is -2.43. The Morgan fingerprint density at radius 3 is 2.86 bits per heavy atom. The van der Waals surface area contributed by atoms with E-state index < -0.39 is 4.92 Å². The Labute approximate surface area is 124 Å². The summed E-state index contributed by atoms with van der Waals surface area (Å²) in [5.74, 6) is 0.350. The van der Waals surface area contributed by atoms with E-state index >= 15 is 0 Å². The fourth-order valence-electron chi connectivity index (χ4n) is 2.63. The van der Waals surface area contributed by atoms with Crippen molar-refractivity contribution in [1.29, 1.82) is 0 Å². The second-order valence-electron chi connectivity index (χ2n) is 5.33. The molecule has 116 valence electrons. The Morgan fingerprint density at radius 1 is 1.48 bits per heavy atom. The smallest absolute Gasteiger partial charge is 0.311 e. The molecule has 0 saturated heterocycles. The van der Waals surface area contributed by atoms with Gasteiger partial charge in [0.1, 0.15) is 12.2 Å². The first-order valence-electron chi connectivity index (χ1n) is 7.25. The van der Waals surface area contributed by atoms with E-state index in [4.69, 9.17) is 9.47 Å². The molecule has 1 fully saturated rings. The fourth-order valence-corrected chi connectivity index (χ4v) is 2.63. The zero-order valence-corrected chi connectivity index (χ0v) is 12.7. The van der Waals surface area contributed by atoms with Gasteiger partial charge in [-0.15, -0.1) is 0 Å². The zero-order chi connectivity index (χ0) is 15.4. The molecule has 1 aromatic rings. The third-order valence-electron chi connectivity index (χ3n) is 3.83. The molecule has 3 unspecified atom stereocenters. The van der Waals surface area contributed by atoms with Crippen LogP contribution < -0.4 is 10.1 Å². The highest BCUT2D eigenvalue weighted by atomic mass is 16.6. The monoisotopic (exact) mass is 294 g/mol. The topological polar surface area (TPSA) is 73.6 Å². The van der Waals surface area contributed by atoms with E-state index in [1.54, 1.807) is 13.2 Å². The molecule has 0 aromatic heterocycles. The van der Waals surface area contributed by atoms with Crippen LogP contribution in [-0.4, -0.2) is 36.8 Å². The molecule has 0 bridgehead atoms. The van der Waals surface area contributed by atoms with Crippen LogP contribution in [0.15, 0.2) is 18.2 Å². The molecule has 0 amide bonds. The molecule has 6 nitrogen and oxygen atoms in total. The summed E-state index contributed by atoms with van der Waals surface area (Å²) in [6.07, 6.45) is 1.63. The van der Waals surface area contributed by atoms with E-state index in [0.29, 0.717) is 5.75 Å². The van der Waals surface area contributed by atoms with Crippen molar-refractivity contribution in [3.63, 3.8) is 0 Å². The van der Waals surface area contributed by atoms with Crippen molar-refractivity contribution in [2.45, 2.75) is 44.9 Å². The molecule has 1 N–H and O–H groups in total. The Hall–Kier alpha value is -1.66. The molecular formula is C15H22N2O4. The van der Waals surface area contributed by atoms with Crippen LogP contribution in [0.3, 0.4) is 0 Å². The summed E-state index contributed by atoms with van der Waals surface area (Å²) in [7, 11) is 1.65. The number of nitro groups is 1. The van der Waals surface area contributed by atoms with Crippen LogP contribution in [0.1, 0.15) is 25.3 Å². The molecular weight excluding hydrogens is 272 g/mol. The third-order valence-corrected chi connectivity index (χ3v) is 3.83. The zero-order valence-electron chi connectivity index (χ0n) is 12.7. The maximum absolute atomic E-state index is 11.1. The van der Waals surface area contributed by atoms with Crippen LogP contribution in [0.2, 0.25) is 0 Å². The van der Waals surface area contributed by atoms with Gasteiger partial charge in [0, 0.05) is 25.6 Å². The van der Waals surface area contributed by atoms with Crippen molar-refractivity contribution in [2.24, 2.45) is 0 Å². The first-order valence-corrected chi connectivity index (χ1v) is 7.25. The van der Waals surface area contributed by atoms with Gasteiger partial charge in [-0.2, -0.15) is 0 Å². The van der Waals surface area contributed by atoms with Gasteiger partial charge < -0.3 is 14.8 Å². The lowest BCUT2D eigenvalue weighted by Crippen LogP contribution is -2.61. The Kier molecular flexibility index (Phi) is 5.14. The molecule has 1 saturated carbocycles. The average molecular weight is 294 g/mol. The third kappa shape index (κ3) is 3.33. The van der Waals surface area contributed by atoms with E-state index in [0.717, 1.165) is 24.9 Å². The molecule has 0 heterocycles. The first-order chi connectivity index (χ1) is 10.1. The fraction of sp³-hybridized carbons (Fsp3) is 0.600. The highest BCUT2D eigenvalue weighted by Crippen LogP contribution is 2.35. The van der Waals surface area contributed by atoms with Crippen molar-refractivity contribution < 1.29 is 14.4 Å². The number of rotatable bonds is 7. The van der Waals surface area contributed by atoms with Crippen molar-refractivity contribution in [2.75, 3.05) is 13.7 Å². The Bertz CT molecular complexity index is 506. The van der Waals surface area contributed by atoms with Crippen molar-refractivity contribution in [3.8, 4) is 5.75 Å². The first kappa shape index (κ1) is 15.7.